The zero-order valence-corrected chi connectivity index (χ0v) is 8.47. The van der Waals surface area contributed by atoms with Gasteiger partial charge in [0.2, 0.25) is 5.91 Å². The molecule has 0 radical (unpaired) electrons. The number of pyridine rings is 1. The molecule has 1 heterocycles. The molecule has 0 aliphatic carbocycles. The van der Waals surface area contributed by atoms with Crippen LogP contribution in [0.5, 0.6) is 0 Å². The van der Waals surface area contributed by atoms with Crippen molar-refractivity contribution in [3.63, 3.8) is 0 Å². The van der Waals surface area contributed by atoms with Gasteiger partial charge in [0.25, 0.3) is 0 Å². The highest BCUT2D eigenvalue weighted by Gasteiger charge is 2.02. The summed E-state index contributed by atoms with van der Waals surface area (Å²) in [5, 5.41) is 2.68. The van der Waals surface area contributed by atoms with Crippen molar-refractivity contribution in [3.05, 3.63) is 22.4 Å². The Morgan fingerprint density at radius 2 is 2.25 bits per heavy atom. The van der Waals surface area contributed by atoms with Crippen LogP contribution in [0.15, 0.2) is 16.9 Å². The van der Waals surface area contributed by atoms with Crippen molar-refractivity contribution < 1.29 is 4.79 Å². The minimum absolute atomic E-state index is 0.0852. The van der Waals surface area contributed by atoms with Crippen LogP contribution in [0.2, 0.25) is 0 Å². The maximum Gasteiger partial charge on any atom is 0.221 e. The molecular formula is C8H9BrN2O. The number of halogens is 1. The quantitative estimate of drug-likeness (QED) is 0.801. The predicted octanol–water partition coefficient (Wildman–Crippen LogP) is 2.11. The van der Waals surface area contributed by atoms with Gasteiger partial charge in [-0.3, -0.25) is 9.78 Å². The summed E-state index contributed by atoms with van der Waals surface area (Å²) < 4.78 is 0.897. The highest BCUT2D eigenvalue weighted by atomic mass is 79.9. The molecule has 0 fully saturated rings. The first-order valence-corrected chi connectivity index (χ1v) is 4.28. The van der Waals surface area contributed by atoms with Crippen molar-refractivity contribution >= 4 is 27.5 Å². The number of carbonyl (C=O) groups excluding carboxylic acids is 1. The van der Waals surface area contributed by atoms with Crippen molar-refractivity contribution in [2.24, 2.45) is 0 Å². The van der Waals surface area contributed by atoms with Gasteiger partial charge in [0, 0.05) is 17.6 Å². The highest BCUT2D eigenvalue weighted by molar-refractivity contribution is 9.10. The summed E-state index contributed by atoms with van der Waals surface area (Å²) >= 11 is 3.32. The number of aromatic nitrogens is 1. The van der Waals surface area contributed by atoms with E-state index in [0.29, 0.717) is 0 Å². The second-order valence-electron chi connectivity index (χ2n) is 2.48. The fraction of sp³-hybridized carbons (Fsp3) is 0.250. The molecule has 64 valence electrons. The highest BCUT2D eigenvalue weighted by Crippen LogP contribution is 2.21. The Hall–Kier alpha value is -0.900. The molecule has 0 bridgehead atoms. The predicted molar refractivity (Wildman–Crippen MR) is 51.0 cm³/mol. The molecule has 4 heteroatoms. The molecule has 0 saturated carbocycles. The molecule has 0 atom stereocenters. The average molecular weight is 229 g/mol. The van der Waals surface area contributed by atoms with Gasteiger partial charge in [0.1, 0.15) is 0 Å². The summed E-state index contributed by atoms with van der Waals surface area (Å²) in [5.41, 5.74) is 1.73. The summed E-state index contributed by atoms with van der Waals surface area (Å²) in [6, 6.07) is 0. The van der Waals surface area contributed by atoms with Gasteiger partial charge in [-0.05, 0) is 28.4 Å². The van der Waals surface area contributed by atoms with Crippen molar-refractivity contribution in [1.82, 2.24) is 4.98 Å². The number of carbonyl (C=O) groups is 1. The third-order valence-electron chi connectivity index (χ3n) is 1.46. The van der Waals surface area contributed by atoms with E-state index in [0.717, 1.165) is 15.7 Å². The molecular weight excluding hydrogens is 220 g/mol. The molecule has 0 aliphatic rings. The Balaban J connectivity index is 3.00. The number of anilines is 1. The number of nitrogens with zero attached hydrogens (tertiary/aromatic N) is 1. The van der Waals surface area contributed by atoms with Crippen LogP contribution in [0.1, 0.15) is 12.5 Å². The Morgan fingerprint density at radius 3 is 2.83 bits per heavy atom. The Kier molecular flexibility index (Phi) is 2.81. The zero-order valence-electron chi connectivity index (χ0n) is 6.89. The van der Waals surface area contributed by atoms with E-state index in [4.69, 9.17) is 0 Å². The molecule has 0 unspecified atom stereocenters. The molecule has 1 aromatic heterocycles. The number of amides is 1. The lowest BCUT2D eigenvalue weighted by molar-refractivity contribution is -0.114. The monoisotopic (exact) mass is 228 g/mol. The molecule has 3 nitrogen and oxygen atoms in total. The SMILES string of the molecule is CC(=O)Nc1cncc(Br)c1C. The van der Waals surface area contributed by atoms with Crippen LogP contribution in [-0.2, 0) is 4.79 Å². The minimum Gasteiger partial charge on any atom is -0.325 e. The maximum atomic E-state index is 10.7. The van der Waals surface area contributed by atoms with E-state index in [9.17, 15) is 4.79 Å². The Labute approximate surface area is 79.3 Å². The van der Waals surface area contributed by atoms with E-state index in [1.165, 1.54) is 6.92 Å². The summed E-state index contributed by atoms with van der Waals surface area (Å²) in [5.74, 6) is -0.0852. The van der Waals surface area contributed by atoms with Crippen LogP contribution in [0.4, 0.5) is 5.69 Å². The molecule has 1 amide bonds. The summed E-state index contributed by atoms with van der Waals surface area (Å²) in [6.07, 6.45) is 3.32. The number of rotatable bonds is 1. The van der Waals surface area contributed by atoms with Crippen molar-refractivity contribution in [1.29, 1.82) is 0 Å². The molecule has 12 heavy (non-hydrogen) atoms. The maximum absolute atomic E-state index is 10.7. The molecule has 0 spiro atoms. The van der Waals surface area contributed by atoms with Crippen LogP contribution >= 0.6 is 15.9 Å². The van der Waals surface area contributed by atoms with Gasteiger partial charge in [0.05, 0.1) is 11.9 Å². The van der Waals surface area contributed by atoms with E-state index in [1.54, 1.807) is 12.4 Å². The zero-order chi connectivity index (χ0) is 9.14. The first-order chi connectivity index (χ1) is 5.61. The smallest absolute Gasteiger partial charge is 0.221 e. The van der Waals surface area contributed by atoms with Gasteiger partial charge in [-0.15, -0.1) is 0 Å². The fourth-order valence-corrected chi connectivity index (χ4v) is 1.15. The van der Waals surface area contributed by atoms with E-state index in [1.807, 2.05) is 6.92 Å². The average Bonchev–Trinajstić information content (AvgIpc) is 1.98. The summed E-state index contributed by atoms with van der Waals surface area (Å²) in [4.78, 5) is 14.7. The van der Waals surface area contributed by atoms with Gasteiger partial charge < -0.3 is 5.32 Å². The van der Waals surface area contributed by atoms with Crippen LogP contribution in [-0.4, -0.2) is 10.9 Å². The lowest BCUT2D eigenvalue weighted by Crippen LogP contribution is -2.07. The van der Waals surface area contributed by atoms with E-state index >= 15 is 0 Å². The van der Waals surface area contributed by atoms with Gasteiger partial charge >= 0.3 is 0 Å². The van der Waals surface area contributed by atoms with Gasteiger partial charge in [-0.25, -0.2) is 0 Å². The number of hydrogen-bond donors (Lipinski definition) is 1. The lowest BCUT2D eigenvalue weighted by atomic mass is 10.2. The van der Waals surface area contributed by atoms with Crippen molar-refractivity contribution in [2.45, 2.75) is 13.8 Å². The molecule has 1 N–H and O–H groups in total. The standard InChI is InChI=1S/C8H9BrN2O/c1-5-7(9)3-10-4-8(5)11-6(2)12/h3-4H,1-2H3,(H,11,12). The first-order valence-electron chi connectivity index (χ1n) is 3.49. The minimum atomic E-state index is -0.0852. The second kappa shape index (κ2) is 3.67. The van der Waals surface area contributed by atoms with Gasteiger partial charge in [-0.2, -0.15) is 0 Å². The van der Waals surface area contributed by atoms with Crippen LogP contribution in [0, 0.1) is 6.92 Å². The molecule has 0 aromatic carbocycles. The third kappa shape index (κ3) is 2.04. The Morgan fingerprint density at radius 1 is 1.58 bits per heavy atom. The first kappa shape index (κ1) is 9.19. The van der Waals surface area contributed by atoms with Crippen LogP contribution < -0.4 is 5.32 Å². The fourth-order valence-electron chi connectivity index (χ4n) is 0.815. The van der Waals surface area contributed by atoms with Crippen LogP contribution in [0.25, 0.3) is 0 Å². The summed E-state index contributed by atoms with van der Waals surface area (Å²) in [6.45, 7) is 3.39. The Bertz CT molecular complexity index is 312. The van der Waals surface area contributed by atoms with Gasteiger partial charge in [0.15, 0.2) is 0 Å². The largest absolute Gasteiger partial charge is 0.325 e. The van der Waals surface area contributed by atoms with E-state index in [-0.39, 0.29) is 5.91 Å². The topological polar surface area (TPSA) is 42.0 Å². The van der Waals surface area contributed by atoms with Gasteiger partial charge in [-0.1, -0.05) is 0 Å². The van der Waals surface area contributed by atoms with Crippen molar-refractivity contribution in [2.75, 3.05) is 5.32 Å². The third-order valence-corrected chi connectivity index (χ3v) is 2.26. The molecule has 0 aliphatic heterocycles. The lowest BCUT2D eigenvalue weighted by Gasteiger charge is -2.05. The normalized spacial score (nSPS) is 9.58. The molecule has 0 saturated heterocycles. The van der Waals surface area contributed by atoms with E-state index in [2.05, 4.69) is 26.2 Å². The molecule has 1 rings (SSSR count). The second-order valence-corrected chi connectivity index (χ2v) is 3.33. The number of nitrogens with one attached hydrogen (secondary N) is 1. The number of hydrogen-bond acceptors (Lipinski definition) is 2. The van der Waals surface area contributed by atoms with Crippen LogP contribution in [0.3, 0.4) is 0 Å². The summed E-state index contributed by atoms with van der Waals surface area (Å²) in [7, 11) is 0. The van der Waals surface area contributed by atoms with Crippen molar-refractivity contribution in [3.8, 4) is 0 Å². The van der Waals surface area contributed by atoms with E-state index < -0.39 is 0 Å². The molecule has 1 aromatic rings.